The van der Waals surface area contributed by atoms with Crippen LogP contribution in [-0.4, -0.2) is 11.7 Å². The summed E-state index contributed by atoms with van der Waals surface area (Å²) in [5.74, 6) is 0.372. The van der Waals surface area contributed by atoms with Crippen LogP contribution < -0.4 is 5.73 Å². The molecule has 0 saturated heterocycles. The molecule has 1 aromatic rings. The van der Waals surface area contributed by atoms with E-state index in [2.05, 4.69) is 45.2 Å². The van der Waals surface area contributed by atoms with E-state index in [4.69, 9.17) is 5.73 Å². The second-order valence-electron chi connectivity index (χ2n) is 2.45. The summed E-state index contributed by atoms with van der Waals surface area (Å²) in [7, 11) is 0. The maximum Gasteiger partial charge on any atom is 0.142 e. The first kappa shape index (κ1) is 10.5. The number of phenolic OH excluding ortho intramolecular Hbond substituents is 1. The Morgan fingerprint density at radius 3 is 2.17 bits per heavy atom. The van der Waals surface area contributed by atoms with E-state index >= 15 is 0 Å². The van der Waals surface area contributed by atoms with Crippen molar-refractivity contribution in [3.63, 3.8) is 0 Å². The fourth-order valence-corrected chi connectivity index (χ4v) is 2.83. The van der Waals surface area contributed by atoms with Gasteiger partial charge in [-0.3, -0.25) is 0 Å². The topological polar surface area (TPSA) is 46.2 Å². The SMILES string of the molecule is NCCc1cc(I)c(O)c(I)c1. The molecule has 4 heteroatoms. The average Bonchev–Trinajstić information content (AvgIpc) is 2.01. The molecule has 0 amide bonds. The monoisotopic (exact) mass is 389 g/mol. The lowest BCUT2D eigenvalue weighted by Crippen LogP contribution is -2.03. The van der Waals surface area contributed by atoms with E-state index in [0.717, 1.165) is 13.6 Å². The van der Waals surface area contributed by atoms with Crippen molar-refractivity contribution in [3.8, 4) is 5.75 Å². The van der Waals surface area contributed by atoms with Crippen molar-refractivity contribution >= 4 is 45.2 Å². The van der Waals surface area contributed by atoms with E-state index in [1.165, 1.54) is 5.56 Å². The van der Waals surface area contributed by atoms with Crippen LogP contribution in [0.25, 0.3) is 0 Å². The van der Waals surface area contributed by atoms with Gasteiger partial charge < -0.3 is 10.8 Å². The van der Waals surface area contributed by atoms with Gasteiger partial charge in [-0.15, -0.1) is 0 Å². The first-order valence-corrected chi connectivity index (χ1v) is 5.68. The number of benzene rings is 1. The van der Waals surface area contributed by atoms with Gasteiger partial charge in [-0.1, -0.05) is 0 Å². The molecule has 0 radical (unpaired) electrons. The Morgan fingerprint density at radius 2 is 1.75 bits per heavy atom. The zero-order valence-corrected chi connectivity index (χ0v) is 10.7. The van der Waals surface area contributed by atoms with Crippen molar-refractivity contribution in [1.82, 2.24) is 0 Å². The number of phenols is 1. The van der Waals surface area contributed by atoms with Crippen LogP contribution in [0.5, 0.6) is 5.75 Å². The van der Waals surface area contributed by atoms with Crippen molar-refractivity contribution in [2.24, 2.45) is 5.73 Å². The fraction of sp³-hybridized carbons (Fsp3) is 0.250. The maximum atomic E-state index is 9.45. The maximum absolute atomic E-state index is 9.45. The van der Waals surface area contributed by atoms with Crippen LogP contribution in [0.15, 0.2) is 12.1 Å². The standard InChI is InChI=1S/C8H9I2NO/c9-6-3-5(1-2-11)4-7(10)8(6)12/h3-4,12H,1-2,11H2. The molecule has 0 bridgehead atoms. The summed E-state index contributed by atoms with van der Waals surface area (Å²) in [5, 5.41) is 9.45. The predicted octanol–water partition coefficient (Wildman–Crippen LogP) is 2.10. The van der Waals surface area contributed by atoms with Gasteiger partial charge in [-0.05, 0) is 75.8 Å². The van der Waals surface area contributed by atoms with E-state index in [1.54, 1.807) is 0 Å². The normalized spacial score (nSPS) is 10.2. The van der Waals surface area contributed by atoms with Gasteiger partial charge >= 0.3 is 0 Å². The molecule has 0 heterocycles. The van der Waals surface area contributed by atoms with Gasteiger partial charge in [0, 0.05) is 0 Å². The van der Waals surface area contributed by atoms with E-state index < -0.39 is 0 Å². The lowest BCUT2D eigenvalue weighted by Gasteiger charge is -2.04. The van der Waals surface area contributed by atoms with Crippen LogP contribution in [-0.2, 0) is 6.42 Å². The highest BCUT2D eigenvalue weighted by atomic mass is 127. The van der Waals surface area contributed by atoms with Crippen molar-refractivity contribution in [3.05, 3.63) is 24.8 Å². The zero-order chi connectivity index (χ0) is 9.14. The van der Waals surface area contributed by atoms with Gasteiger partial charge in [-0.2, -0.15) is 0 Å². The lowest BCUT2D eigenvalue weighted by atomic mass is 10.1. The molecule has 0 aliphatic carbocycles. The minimum absolute atomic E-state index is 0.372. The van der Waals surface area contributed by atoms with E-state index in [-0.39, 0.29) is 0 Å². The molecule has 66 valence electrons. The highest BCUT2D eigenvalue weighted by Gasteiger charge is 2.04. The number of nitrogens with two attached hydrogens (primary N) is 1. The number of hydrogen-bond donors (Lipinski definition) is 2. The first-order valence-electron chi connectivity index (χ1n) is 3.52. The third kappa shape index (κ3) is 2.46. The molecule has 0 atom stereocenters. The zero-order valence-electron chi connectivity index (χ0n) is 6.35. The van der Waals surface area contributed by atoms with Gasteiger partial charge in [-0.25, -0.2) is 0 Å². The molecule has 0 fully saturated rings. The smallest absolute Gasteiger partial charge is 0.142 e. The molecule has 0 aromatic heterocycles. The van der Waals surface area contributed by atoms with Crippen molar-refractivity contribution in [2.75, 3.05) is 6.54 Å². The summed E-state index contributed by atoms with van der Waals surface area (Å²) >= 11 is 4.24. The van der Waals surface area contributed by atoms with Gasteiger partial charge in [0.1, 0.15) is 5.75 Å². The fourth-order valence-electron chi connectivity index (χ4n) is 0.929. The van der Waals surface area contributed by atoms with E-state index in [1.807, 2.05) is 12.1 Å². The van der Waals surface area contributed by atoms with Crippen LogP contribution in [0.1, 0.15) is 5.56 Å². The van der Waals surface area contributed by atoms with Gasteiger partial charge in [0.2, 0.25) is 0 Å². The molecule has 2 nitrogen and oxygen atoms in total. The number of rotatable bonds is 2. The summed E-state index contributed by atoms with van der Waals surface area (Å²) in [6.45, 7) is 0.650. The van der Waals surface area contributed by atoms with E-state index in [9.17, 15) is 5.11 Å². The Balaban J connectivity index is 3.04. The molecule has 0 aliphatic rings. The molecule has 0 saturated carbocycles. The predicted molar refractivity (Wildman–Crippen MR) is 66.3 cm³/mol. The second kappa shape index (κ2) is 4.61. The minimum atomic E-state index is 0.372. The van der Waals surface area contributed by atoms with Crippen LogP contribution in [0.2, 0.25) is 0 Å². The van der Waals surface area contributed by atoms with Crippen LogP contribution in [0, 0.1) is 7.14 Å². The average molecular weight is 389 g/mol. The molecule has 1 rings (SSSR count). The third-order valence-electron chi connectivity index (χ3n) is 1.51. The van der Waals surface area contributed by atoms with E-state index in [0.29, 0.717) is 12.3 Å². The Labute approximate surface area is 98.8 Å². The van der Waals surface area contributed by atoms with Crippen LogP contribution in [0.4, 0.5) is 0 Å². The number of hydrogen-bond acceptors (Lipinski definition) is 2. The molecular formula is C8H9I2NO. The Hall–Kier alpha value is 0.440. The highest BCUT2D eigenvalue weighted by Crippen LogP contribution is 2.27. The Bertz CT molecular complexity index is 265. The molecule has 0 aliphatic heterocycles. The Kier molecular flexibility index (Phi) is 4.04. The van der Waals surface area contributed by atoms with Crippen molar-refractivity contribution in [1.29, 1.82) is 0 Å². The summed E-state index contributed by atoms with van der Waals surface area (Å²) < 4.78 is 1.78. The molecule has 0 unspecified atom stereocenters. The lowest BCUT2D eigenvalue weighted by molar-refractivity contribution is 0.467. The van der Waals surface area contributed by atoms with Crippen LogP contribution in [0.3, 0.4) is 0 Å². The van der Waals surface area contributed by atoms with Crippen LogP contribution >= 0.6 is 45.2 Å². The largest absolute Gasteiger partial charge is 0.506 e. The van der Waals surface area contributed by atoms with Gasteiger partial charge in [0.25, 0.3) is 0 Å². The molecule has 3 N–H and O–H groups in total. The quantitative estimate of drug-likeness (QED) is 0.762. The minimum Gasteiger partial charge on any atom is -0.506 e. The molecule has 0 spiro atoms. The second-order valence-corrected chi connectivity index (χ2v) is 4.77. The number of aromatic hydroxyl groups is 1. The summed E-state index contributed by atoms with van der Waals surface area (Å²) in [5.41, 5.74) is 6.62. The van der Waals surface area contributed by atoms with Crippen molar-refractivity contribution in [2.45, 2.75) is 6.42 Å². The molecule has 12 heavy (non-hydrogen) atoms. The number of halogens is 2. The highest BCUT2D eigenvalue weighted by molar-refractivity contribution is 14.1. The summed E-state index contributed by atoms with van der Waals surface area (Å²) in [6.07, 6.45) is 0.867. The van der Waals surface area contributed by atoms with Crippen molar-refractivity contribution < 1.29 is 5.11 Å². The van der Waals surface area contributed by atoms with Gasteiger partial charge in [0.05, 0.1) is 7.14 Å². The molecular weight excluding hydrogens is 380 g/mol. The first-order chi connectivity index (χ1) is 5.65. The summed E-state index contributed by atoms with van der Waals surface area (Å²) in [4.78, 5) is 0. The Morgan fingerprint density at radius 1 is 1.25 bits per heavy atom. The summed E-state index contributed by atoms with van der Waals surface area (Å²) in [6, 6.07) is 3.93. The molecule has 1 aromatic carbocycles. The van der Waals surface area contributed by atoms with Gasteiger partial charge in [0.15, 0.2) is 0 Å². The third-order valence-corrected chi connectivity index (χ3v) is 3.15.